The first-order valence-electron chi connectivity index (χ1n) is 6.36. The Morgan fingerprint density at radius 2 is 1.78 bits per heavy atom. The molecule has 0 aliphatic carbocycles. The molecular weight excluding hydrogens is 230 g/mol. The molecule has 0 aliphatic heterocycles. The monoisotopic (exact) mass is 251 g/mol. The van der Waals surface area contributed by atoms with E-state index in [1.54, 1.807) is 0 Å². The molecule has 0 bridgehead atoms. The fourth-order valence-electron chi connectivity index (χ4n) is 1.53. The van der Waals surface area contributed by atoms with Gasteiger partial charge in [0.15, 0.2) is 11.5 Å². The van der Waals surface area contributed by atoms with Gasteiger partial charge in [-0.2, -0.15) is 0 Å². The molecule has 0 atom stereocenters. The maximum absolute atomic E-state index is 11.2. The van der Waals surface area contributed by atoms with Crippen molar-refractivity contribution >= 4 is 5.91 Å². The average Bonchev–Trinajstić information content (AvgIpc) is 2.39. The molecule has 0 heterocycles. The van der Waals surface area contributed by atoms with Crippen LogP contribution in [0.1, 0.15) is 32.8 Å². The highest BCUT2D eigenvalue weighted by atomic mass is 16.5. The number of carbonyl (C=O) groups is 1. The third-order valence-corrected chi connectivity index (χ3v) is 2.42. The van der Waals surface area contributed by atoms with Gasteiger partial charge in [-0.15, -0.1) is 0 Å². The summed E-state index contributed by atoms with van der Waals surface area (Å²) < 4.78 is 11.0. The standard InChI is InChI=1S/C14H21NO3/c1-4-14(16)15-10-11-7-8-12(17-5-2)13(9-11)18-6-3/h7-9H,4-6,10H2,1-3H3,(H,15,16). The lowest BCUT2D eigenvalue weighted by molar-refractivity contribution is -0.120. The minimum absolute atomic E-state index is 0.0434. The van der Waals surface area contributed by atoms with Crippen molar-refractivity contribution in [3.8, 4) is 11.5 Å². The summed E-state index contributed by atoms with van der Waals surface area (Å²) in [7, 11) is 0. The first-order chi connectivity index (χ1) is 8.71. The smallest absolute Gasteiger partial charge is 0.219 e. The molecule has 1 N–H and O–H groups in total. The number of amides is 1. The normalized spacial score (nSPS) is 9.94. The van der Waals surface area contributed by atoms with E-state index in [0.717, 1.165) is 17.1 Å². The van der Waals surface area contributed by atoms with Crippen LogP contribution >= 0.6 is 0 Å². The average molecular weight is 251 g/mol. The van der Waals surface area contributed by atoms with Crippen molar-refractivity contribution in [1.29, 1.82) is 0 Å². The number of benzene rings is 1. The Morgan fingerprint density at radius 3 is 2.39 bits per heavy atom. The summed E-state index contributed by atoms with van der Waals surface area (Å²) in [6.07, 6.45) is 0.495. The maximum atomic E-state index is 11.2. The van der Waals surface area contributed by atoms with Gasteiger partial charge < -0.3 is 14.8 Å². The summed E-state index contributed by atoms with van der Waals surface area (Å²) in [5.74, 6) is 1.51. The predicted octanol–water partition coefficient (Wildman–Crippen LogP) is 2.51. The van der Waals surface area contributed by atoms with Crippen LogP contribution < -0.4 is 14.8 Å². The number of rotatable bonds is 7. The van der Waals surface area contributed by atoms with Crippen molar-refractivity contribution in [3.05, 3.63) is 23.8 Å². The Balaban J connectivity index is 2.75. The molecule has 4 nitrogen and oxygen atoms in total. The van der Waals surface area contributed by atoms with E-state index in [2.05, 4.69) is 5.32 Å². The third kappa shape index (κ3) is 4.28. The Morgan fingerprint density at radius 1 is 1.11 bits per heavy atom. The van der Waals surface area contributed by atoms with Crippen molar-refractivity contribution < 1.29 is 14.3 Å². The fraction of sp³-hybridized carbons (Fsp3) is 0.500. The van der Waals surface area contributed by atoms with Crippen molar-refractivity contribution in [3.63, 3.8) is 0 Å². The van der Waals surface area contributed by atoms with Crippen LogP contribution in [-0.4, -0.2) is 19.1 Å². The first kappa shape index (κ1) is 14.4. The third-order valence-electron chi connectivity index (χ3n) is 2.42. The highest BCUT2D eigenvalue weighted by Gasteiger charge is 2.06. The van der Waals surface area contributed by atoms with Crippen molar-refractivity contribution in [2.75, 3.05) is 13.2 Å². The number of hydrogen-bond acceptors (Lipinski definition) is 3. The van der Waals surface area contributed by atoms with Gasteiger partial charge in [-0.25, -0.2) is 0 Å². The van der Waals surface area contributed by atoms with E-state index < -0.39 is 0 Å². The number of carbonyl (C=O) groups excluding carboxylic acids is 1. The summed E-state index contributed by atoms with van der Waals surface area (Å²) >= 11 is 0. The summed E-state index contributed by atoms with van der Waals surface area (Å²) in [5, 5.41) is 2.83. The summed E-state index contributed by atoms with van der Waals surface area (Å²) in [6.45, 7) is 7.40. The largest absolute Gasteiger partial charge is 0.490 e. The zero-order chi connectivity index (χ0) is 13.4. The van der Waals surface area contributed by atoms with Gasteiger partial charge in [-0.3, -0.25) is 4.79 Å². The predicted molar refractivity (Wildman–Crippen MR) is 70.9 cm³/mol. The lowest BCUT2D eigenvalue weighted by Gasteiger charge is -2.12. The number of ether oxygens (including phenoxy) is 2. The van der Waals surface area contributed by atoms with E-state index in [0.29, 0.717) is 26.2 Å². The highest BCUT2D eigenvalue weighted by molar-refractivity contribution is 5.75. The van der Waals surface area contributed by atoms with E-state index in [-0.39, 0.29) is 5.91 Å². The van der Waals surface area contributed by atoms with Crippen LogP contribution in [0.5, 0.6) is 11.5 Å². The summed E-state index contributed by atoms with van der Waals surface area (Å²) in [5.41, 5.74) is 1.00. The molecule has 0 spiro atoms. The van der Waals surface area contributed by atoms with E-state index in [9.17, 15) is 4.79 Å². The van der Waals surface area contributed by atoms with Gasteiger partial charge in [-0.1, -0.05) is 13.0 Å². The molecular formula is C14H21NO3. The van der Waals surface area contributed by atoms with Crippen LogP contribution in [0.15, 0.2) is 18.2 Å². The second kappa shape index (κ2) is 7.58. The number of nitrogens with one attached hydrogen (secondary N) is 1. The molecule has 1 amide bonds. The van der Waals surface area contributed by atoms with Crippen molar-refractivity contribution in [2.45, 2.75) is 33.7 Å². The van der Waals surface area contributed by atoms with Crippen LogP contribution in [-0.2, 0) is 11.3 Å². The van der Waals surface area contributed by atoms with Gasteiger partial charge in [0.25, 0.3) is 0 Å². The van der Waals surface area contributed by atoms with Crippen molar-refractivity contribution in [1.82, 2.24) is 5.32 Å². The first-order valence-corrected chi connectivity index (χ1v) is 6.36. The van der Waals surface area contributed by atoms with E-state index in [4.69, 9.17) is 9.47 Å². The van der Waals surface area contributed by atoms with Crippen LogP contribution in [0, 0.1) is 0 Å². The molecule has 0 fully saturated rings. The maximum Gasteiger partial charge on any atom is 0.219 e. The van der Waals surface area contributed by atoms with Crippen LogP contribution in [0.25, 0.3) is 0 Å². The molecule has 1 aromatic rings. The van der Waals surface area contributed by atoms with Crippen LogP contribution in [0.3, 0.4) is 0 Å². The van der Waals surface area contributed by atoms with Gasteiger partial charge in [0.2, 0.25) is 5.91 Å². The molecule has 1 rings (SSSR count). The van der Waals surface area contributed by atoms with E-state index >= 15 is 0 Å². The van der Waals surface area contributed by atoms with Crippen LogP contribution in [0.4, 0.5) is 0 Å². The molecule has 1 aromatic carbocycles. The lowest BCUT2D eigenvalue weighted by Crippen LogP contribution is -2.21. The molecule has 0 aromatic heterocycles. The quantitative estimate of drug-likeness (QED) is 0.810. The second-order valence-electron chi connectivity index (χ2n) is 3.78. The molecule has 0 saturated carbocycles. The number of hydrogen-bond donors (Lipinski definition) is 1. The Hall–Kier alpha value is -1.71. The van der Waals surface area contributed by atoms with Crippen LogP contribution in [0.2, 0.25) is 0 Å². The Kier molecular flexibility index (Phi) is 6.05. The Labute approximate surface area is 108 Å². The molecule has 0 radical (unpaired) electrons. The second-order valence-corrected chi connectivity index (χ2v) is 3.78. The zero-order valence-electron chi connectivity index (χ0n) is 11.3. The van der Waals surface area contributed by atoms with E-state index in [1.807, 2.05) is 39.0 Å². The summed E-state index contributed by atoms with van der Waals surface area (Å²) in [4.78, 5) is 11.2. The SMILES string of the molecule is CCOc1ccc(CNC(=O)CC)cc1OCC. The minimum atomic E-state index is 0.0434. The van der Waals surface area contributed by atoms with Gasteiger partial charge in [-0.05, 0) is 31.5 Å². The molecule has 18 heavy (non-hydrogen) atoms. The highest BCUT2D eigenvalue weighted by Crippen LogP contribution is 2.28. The van der Waals surface area contributed by atoms with Gasteiger partial charge in [0.05, 0.1) is 13.2 Å². The van der Waals surface area contributed by atoms with Gasteiger partial charge >= 0.3 is 0 Å². The van der Waals surface area contributed by atoms with E-state index in [1.165, 1.54) is 0 Å². The molecule has 0 unspecified atom stereocenters. The van der Waals surface area contributed by atoms with Crippen molar-refractivity contribution in [2.24, 2.45) is 0 Å². The molecule has 0 saturated heterocycles. The topological polar surface area (TPSA) is 47.6 Å². The Bertz CT molecular complexity index is 391. The molecule has 0 aliphatic rings. The fourth-order valence-corrected chi connectivity index (χ4v) is 1.53. The lowest BCUT2D eigenvalue weighted by atomic mass is 10.2. The van der Waals surface area contributed by atoms with Gasteiger partial charge in [0.1, 0.15) is 0 Å². The minimum Gasteiger partial charge on any atom is -0.490 e. The summed E-state index contributed by atoms with van der Waals surface area (Å²) in [6, 6.07) is 5.72. The van der Waals surface area contributed by atoms with Gasteiger partial charge in [0, 0.05) is 13.0 Å². The zero-order valence-corrected chi connectivity index (χ0v) is 11.3. The molecule has 4 heteroatoms. The molecule has 100 valence electrons.